The van der Waals surface area contributed by atoms with Crippen molar-refractivity contribution >= 4 is 34.5 Å². The number of amides is 1. The second kappa shape index (κ2) is 7.34. The Hall–Kier alpha value is -1.56. The highest BCUT2D eigenvalue weighted by molar-refractivity contribution is 7.10. The monoisotopic (exact) mass is 351 g/mol. The number of nitrogens with one attached hydrogen (secondary N) is 2. The van der Waals surface area contributed by atoms with Crippen LogP contribution in [0.4, 0.5) is 5.69 Å². The number of rotatable bonds is 5. The lowest BCUT2D eigenvalue weighted by Gasteiger charge is -2.20. The smallest absolute Gasteiger partial charge is 0.279 e. The molecule has 1 aliphatic heterocycles. The molecule has 2 aromatic rings. The highest BCUT2D eigenvalue weighted by Gasteiger charge is 2.32. The standard InChI is InChI=1S/C17H19ClN2O2S/c1-22-15-7-6-12(10-13(15)18)19-17(21)11-20-8-2-4-14(20)16-5-3-9-23-16/h3,5-7,9-10,14H,2,4,8,11H2,1H3,(H,19,21)/p+1/t14-/m1/s1. The van der Waals surface area contributed by atoms with Crippen molar-refractivity contribution in [3.63, 3.8) is 0 Å². The van der Waals surface area contributed by atoms with E-state index in [1.54, 1.807) is 36.6 Å². The van der Waals surface area contributed by atoms with Crippen LogP contribution in [0.15, 0.2) is 35.7 Å². The van der Waals surface area contributed by atoms with Crippen LogP contribution in [-0.2, 0) is 4.79 Å². The fourth-order valence-electron chi connectivity index (χ4n) is 3.11. The number of likely N-dealkylation sites (tertiary alicyclic amines) is 1. The SMILES string of the molecule is COc1ccc(NC(=O)C[NH+]2CCC[C@@H]2c2cccs2)cc1Cl. The van der Waals surface area contributed by atoms with Gasteiger partial charge in [-0.3, -0.25) is 4.79 Å². The highest BCUT2D eigenvalue weighted by atomic mass is 35.5. The number of hydrogen-bond donors (Lipinski definition) is 2. The van der Waals surface area contributed by atoms with Gasteiger partial charge in [0.05, 0.1) is 23.6 Å². The third kappa shape index (κ3) is 3.86. The molecule has 2 heterocycles. The maximum absolute atomic E-state index is 12.3. The Bertz CT molecular complexity index is 675. The summed E-state index contributed by atoms with van der Waals surface area (Å²) < 4.78 is 5.12. The predicted octanol–water partition coefficient (Wildman–Crippen LogP) is 2.77. The first kappa shape index (κ1) is 16.3. The van der Waals surface area contributed by atoms with Crippen molar-refractivity contribution < 1.29 is 14.4 Å². The second-order valence-corrected chi connectivity index (χ2v) is 7.08. The summed E-state index contributed by atoms with van der Waals surface area (Å²) in [5.74, 6) is 0.622. The third-order valence-electron chi connectivity index (χ3n) is 4.19. The molecular weight excluding hydrogens is 332 g/mol. The molecule has 122 valence electrons. The number of anilines is 1. The number of halogens is 1. The van der Waals surface area contributed by atoms with Gasteiger partial charge in [-0.05, 0) is 29.6 Å². The second-order valence-electron chi connectivity index (χ2n) is 5.69. The zero-order valence-electron chi connectivity index (χ0n) is 13.0. The Balaban J connectivity index is 1.62. The summed E-state index contributed by atoms with van der Waals surface area (Å²) in [5, 5.41) is 5.53. The van der Waals surface area contributed by atoms with Crippen LogP contribution < -0.4 is 15.0 Å². The fourth-order valence-corrected chi connectivity index (χ4v) is 4.29. The zero-order chi connectivity index (χ0) is 16.2. The number of carbonyl (C=O) groups is 1. The summed E-state index contributed by atoms with van der Waals surface area (Å²) in [6.07, 6.45) is 2.32. The molecule has 3 rings (SSSR count). The minimum absolute atomic E-state index is 0.0182. The van der Waals surface area contributed by atoms with Gasteiger partial charge in [-0.25, -0.2) is 0 Å². The van der Waals surface area contributed by atoms with Gasteiger partial charge in [0, 0.05) is 18.5 Å². The normalized spacial score (nSPS) is 20.4. The maximum Gasteiger partial charge on any atom is 0.279 e. The number of methoxy groups -OCH3 is 1. The summed E-state index contributed by atoms with van der Waals surface area (Å²) in [6, 6.07) is 9.97. The zero-order valence-corrected chi connectivity index (χ0v) is 14.5. The topological polar surface area (TPSA) is 42.8 Å². The Morgan fingerprint density at radius 1 is 1.48 bits per heavy atom. The molecule has 0 spiro atoms. The van der Waals surface area contributed by atoms with Crippen molar-refractivity contribution in [2.75, 3.05) is 25.5 Å². The van der Waals surface area contributed by atoms with Crippen molar-refractivity contribution in [2.45, 2.75) is 18.9 Å². The summed E-state index contributed by atoms with van der Waals surface area (Å²) in [6.45, 7) is 1.52. The van der Waals surface area contributed by atoms with Crippen molar-refractivity contribution in [3.05, 3.63) is 45.6 Å². The van der Waals surface area contributed by atoms with Crippen molar-refractivity contribution in [3.8, 4) is 5.75 Å². The molecule has 6 heteroatoms. The van der Waals surface area contributed by atoms with Crippen molar-refractivity contribution in [2.24, 2.45) is 0 Å². The molecule has 1 aromatic heterocycles. The molecule has 23 heavy (non-hydrogen) atoms. The van der Waals surface area contributed by atoms with E-state index < -0.39 is 0 Å². The number of carbonyl (C=O) groups excluding carboxylic acids is 1. The van der Waals surface area contributed by atoms with Gasteiger partial charge >= 0.3 is 0 Å². The van der Waals surface area contributed by atoms with Crippen LogP contribution in [0.1, 0.15) is 23.8 Å². The molecule has 4 nitrogen and oxygen atoms in total. The molecule has 1 fully saturated rings. The van der Waals surface area contributed by atoms with Crippen LogP contribution in [-0.4, -0.2) is 26.1 Å². The maximum atomic E-state index is 12.3. The minimum Gasteiger partial charge on any atom is -0.495 e. The molecule has 0 radical (unpaired) electrons. The number of ether oxygens (including phenoxy) is 1. The Morgan fingerprint density at radius 2 is 2.35 bits per heavy atom. The first-order valence-electron chi connectivity index (χ1n) is 7.68. The molecule has 1 aliphatic rings. The van der Waals surface area contributed by atoms with Crippen LogP contribution in [0.2, 0.25) is 5.02 Å². The predicted molar refractivity (Wildman–Crippen MR) is 93.6 cm³/mol. The van der Waals surface area contributed by atoms with E-state index in [-0.39, 0.29) is 5.91 Å². The van der Waals surface area contributed by atoms with E-state index >= 15 is 0 Å². The molecule has 1 amide bonds. The first-order valence-corrected chi connectivity index (χ1v) is 8.94. The lowest BCUT2D eigenvalue weighted by Crippen LogP contribution is -3.11. The lowest BCUT2D eigenvalue weighted by atomic mass is 10.2. The molecule has 1 unspecified atom stereocenters. The summed E-state index contributed by atoms with van der Waals surface area (Å²) in [7, 11) is 1.57. The number of thiophene rings is 1. The number of benzene rings is 1. The molecule has 0 aliphatic carbocycles. The molecular formula is C17H20ClN2O2S+. The van der Waals surface area contributed by atoms with E-state index in [4.69, 9.17) is 16.3 Å². The minimum atomic E-state index is 0.0182. The Kier molecular flexibility index (Phi) is 5.20. The third-order valence-corrected chi connectivity index (χ3v) is 5.47. The van der Waals surface area contributed by atoms with Gasteiger partial charge in [-0.2, -0.15) is 0 Å². The van der Waals surface area contributed by atoms with Gasteiger partial charge < -0.3 is 15.0 Å². The Morgan fingerprint density at radius 3 is 3.04 bits per heavy atom. The number of quaternary nitrogens is 1. The Labute approximate surface area is 145 Å². The highest BCUT2D eigenvalue weighted by Crippen LogP contribution is 2.27. The van der Waals surface area contributed by atoms with E-state index in [2.05, 4.69) is 22.8 Å². The molecule has 0 bridgehead atoms. The quantitative estimate of drug-likeness (QED) is 0.869. The van der Waals surface area contributed by atoms with Gasteiger partial charge in [0.15, 0.2) is 6.54 Å². The van der Waals surface area contributed by atoms with Gasteiger partial charge in [-0.15, -0.1) is 11.3 Å². The summed E-state index contributed by atoms with van der Waals surface area (Å²) in [5.41, 5.74) is 0.701. The molecule has 1 saturated heterocycles. The van der Waals surface area contributed by atoms with Crippen molar-refractivity contribution in [1.29, 1.82) is 0 Å². The number of hydrogen-bond acceptors (Lipinski definition) is 3. The van der Waals surface area contributed by atoms with Crippen LogP contribution in [0, 0.1) is 0 Å². The summed E-state index contributed by atoms with van der Waals surface area (Å²) >= 11 is 7.87. The first-order chi connectivity index (χ1) is 11.2. The van der Waals surface area contributed by atoms with E-state index in [1.165, 1.54) is 16.2 Å². The van der Waals surface area contributed by atoms with Crippen LogP contribution in [0.25, 0.3) is 0 Å². The average molecular weight is 352 g/mol. The van der Waals surface area contributed by atoms with E-state index in [0.29, 0.717) is 29.0 Å². The fraction of sp³-hybridized carbons (Fsp3) is 0.353. The van der Waals surface area contributed by atoms with Crippen molar-refractivity contribution in [1.82, 2.24) is 0 Å². The van der Waals surface area contributed by atoms with Crippen LogP contribution in [0.3, 0.4) is 0 Å². The molecule has 0 saturated carbocycles. The molecule has 1 aromatic carbocycles. The van der Waals surface area contributed by atoms with Crippen LogP contribution >= 0.6 is 22.9 Å². The van der Waals surface area contributed by atoms with E-state index in [0.717, 1.165) is 13.0 Å². The van der Waals surface area contributed by atoms with Crippen LogP contribution in [0.5, 0.6) is 5.75 Å². The van der Waals surface area contributed by atoms with Gasteiger partial charge in [0.2, 0.25) is 0 Å². The van der Waals surface area contributed by atoms with E-state index in [1.807, 2.05) is 0 Å². The lowest BCUT2D eigenvalue weighted by molar-refractivity contribution is -0.910. The van der Waals surface area contributed by atoms with Gasteiger partial charge in [-0.1, -0.05) is 17.7 Å². The summed E-state index contributed by atoms with van der Waals surface area (Å²) in [4.78, 5) is 15.1. The van der Waals surface area contributed by atoms with Gasteiger partial charge in [0.1, 0.15) is 11.8 Å². The van der Waals surface area contributed by atoms with E-state index in [9.17, 15) is 4.79 Å². The molecule has 2 atom stereocenters. The largest absolute Gasteiger partial charge is 0.495 e. The van der Waals surface area contributed by atoms with Gasteiger partial charge in [0.25, 0.3) is 5.91 Å². The average Bonchev–Trinajstić information content (AvgIpc) is 3.18. The molecule has 2 N–H and O–H groups in total.